The van der Waals surface area contributed by atoms with Gasteiger partial charge in [0, 0.05) is 11.6 Å². The molecule has 0 aliphatic heterocycles. The van der Waals surface area contributed by atoms with Gasteiger partial charge in [0.05, 0.1) is 16.1 Å². The van der Waals surface area contributed by atoms with E-state index in [-0.39, 0.29) is 10.6 Å². The van der Waals surface area contributed by atoms with Gasteiger partial charge in [-0.2, -0.15) is 0 Å². The van der Waals surface area contributed by atoms with Gasteiger partial charge in [0.25, 0.3) is 0 Å². The van der Waals surface area contributed by atoms with Gasteiger partial charge in [-0.25, -0.2) is 4.79 Å². The molecular formula is C17H12ClNO2. The number of para-hydroxylation sites is 1. The number of nitrogens with zero attached hydrogens (tertiary/aromatic N) is 1. The van der Waals surface area contributed by atoms with Crippen LogP contribution < -0.4 is 0 Å². The highest BCUT2D eigenvalue weighted by molar-refractivity contribution is 6.38. The van der Waals surface area contributed by atoms with Crippen LogP contribution in [-0.4, -0.2) is 16.1 Å². The quantitative estimate of drug-likeness (QED) is 0.789. The Labute approximate surface area is 126 Å². The summed E-state index contributed by atoms with van der Waals surface area (Å²) in [7, 11) is 0. The number of hydrogen-bond acceptors (Lipinski definition) is 2. The smallest absolute Gasteiger partial charge is 0.338 e. The Balaban J connectivity index is 2.13. The summed E-state index contributed by atoms with van der Waals surface area (Å²) < 4.78 is 0. The topological polar surface area (TPSA) is 50.2 Å². The first-order chi connectivity index (χ1) is 10.2. The van der Waals surface area contributed by atoms with Crippen molar-refractivity contribution in [2.45, 2.75) is 6.42 Å². The Bertz CT molecular complexity index is 816. The minimum atomic E-state index is -1.07. The number of aromatic carboxylic acids is 1. The zero-order valence-corrected chi connectivity index (χ0v) is 11.8. The van der Waals surface area contributed by atoms with E-state index in [1.165, 1.54) is 11.8 Å². The van der Waals surface area contributed by atoms with Crippen LogP contribution in [0, 0.1) is 0 Å². The molecule has 2 aromatic carbocycles. The molecule has 1 heterocycles. The van der Waals surface area contributed by atoms with Crippen molar-refractivity contribution in [1.29, 1.82) is 0 Å². The minimum Gasteiger partial charge on any atom is -0.478 e. The monoisotopic (exact) mass is 297 g/mol. The van der Waals surface area contributed by atoms with Gasteiger partial charge >= 0.3 is 5.97 Å². The van der Waals surface area contributed by atoms with Gasteiger partial charge in [-0.3, -0.25) is 4.98 Å². The zero-order chi connectivity index (χ0) is 14.8. The molecule has 0 unspecified atom stereocenters. The fourth-order valence-electron chi connectivity index (χ4n) is 2.36. The van der Waals surface area contributed by atoms with Gasteiger partial charge in [0.2, 0.25) is 0 Å². The number of hydrogen-bond donors (Lipinski definition) is 1. The second-order valence-corrected chi connectivity index (χ2v) is 5.14. The lowest BCUT2D eigenvalue weighted by Crippen LogP contribution is -2.00. The van der Waals surface area contributed by atoms with E-state index in [1.807, 2.05) is 42.5 Å². The average Bonchev–Trinajstić information content (AvgIpc) is 2.49. The summed E-state index contributed by atoms with van der Waals surface area (Å²) in [4.78, 5) is 15.4. The van der Waals surface area contributed by atoms with Gasteiger partial charge < -0.3 is 5.11 Å². The maximum Gasteiger partial charge on any atom is 0.338 e. The molecule has 104 valence electrons. The first kappa shape index (κ1) is 13.6. The van der Waals surface area contributed by atoms with E-state index < -0.39 is 5.97 Å². The number of carboxylic acids is 1. The maximum atomic E-state index is 11.1. The summed E-state index contributed by atoms with van der Waals surface area (Å²) in [5.41, 5.74) is 2.97. The SMILES string of the molecule is O=C(O)c1cnc2c(Cc3ccccc3)cccc2c1Cl. The first-order valence-electron chi connectivity index (χ1n) is 6.50. The molecule has 21 heavy (non-hydrogen) atoms. The van der Waals surface area contributed by atoms with Gasteiger partial charge in [-0.15, -0.1) is 0 Å². The van der Waals surface area contributed by atoms with E-state index in [1.54, 1.807) is 6.07 Å². The molecule has 4 heteroatoms. The van der Waals surface area contributed by atoms with E-state index in [9.17, 15) is 4.79 Å². The summed E-state index contributed by atoms with van der Waals surface area (Å²) >= 11 is 6.19. The summed E-state index contributed by atoms with van der Waals surface area (Å²) in [5, 5.41) is 10.0. The Morgan fingerprint density at radius 3 is 2.57 bits per heavy atom. The molecule has 3 nitrogen and oxygen atoms in total. The summed E-state index contributed by atoms with van der Waals surface area (Å²) in [5.74, 6) is -1.07. The number of fused-ring (bicyclic) bond motifs is 1. The van der Waals surface area contributed by atoms with E-state index in [0.29, 0.717) is 5.39 Å². The lowest BCUT2D eigenvalue weighted by atomic mass is 10.0. The van der Waals surface area contributed by atoms with Crippen LogP contribution in [0.2, 0.25) is 5.02 Å². The third kappa shape index (κ3) is 2.60. The molecule has 0 fully saturated rings. The lowest BCUT2D eigenvalue weighted by molar-refractivity contribution is 0.0697. The number of aromatic nitrogens is 1. The summed E-state index contributed by atoms with van der Waals surface area (Å²) in [6, 6.07) is 15.7. The Morgan fingerprint density at radius 2 is 1.86 bits per heavy atom. The van der Waals surface area contributed by atoms with Crippen molar-refractivity contribution in [1.82, 2.24) is 4.98 Å². The predicted octanol–water partition coefficient (Wildman–Crippen LogP) is 4.18. The lowest BCUT2D eigenvalue weighted by Gasteiger charge is -2.08. The molecule has 0 spiro atoms. The van der Waals surface area contributed by atoms with Gasteiger partial charge in [-0.1, -0.05) is 60.1 Å². The molecule has 0 amide bonds. The van der Waals surface area contributed by atoms with Crippen LogP contribution in [0.15, 0.2) is 54.7 Å². The van der Waals surface area contributed by atoms with Crippen LogP contribution in [-0.2, 0) is 6.42 Å². The van der Waals surface area contributed by atoms with E-state index >= 15 is 0 Å². The van der Waals surface area contributed by atoms with Crippen LogP contribution >= 0.6 is 11.6 Å². The number of carboxylic acid groups (broad SMARTS) is 1. The third-order valence-electron chi connectivity index (χ3n) is 3.38. The van der Waals surface area contributed by atoms with Gasteiger partial charge in [0.15, 0.2) is 0 Å². The van der Waals surface area contributed by atoms with Crippen molar-refractivity contribution in [3.63, 3.8) is 0 Å². The Kier molecular flexibility index (Phi) is 3.59. The highest BCUT2D eigenvalue weighted by atomic mass is 35.5. The molecule has 3 aromatic rings. The Morgan fingerprint density at radius 1 is 1.10 bits per heavy atom. The van der Waals surface area contributed by atoms with Crippen molar-refractivity contribution in [3.8, 4) is 0 Å². The highest BCUT2D eigenvalue weighted by Crippen LogP contribution is 2.28. The molecule has 0 saturated carbocycles. The molecule has 0 aliphatic carbocycles. The second kappa shape index (κ2) is 5.54. The normalized spacial score (nSPS) is 10.7. The second-order valence-electron chi connectivity index (χ2n) is 4.77. The third-order valence-corrected chi connectivity index (χ3v) is 3.79. The van der Waals surface area contributed by atoms with Crippen LogP contribution in [0.5, 0.6) is 0 Å². The molecule has 0 bridgehead atoms. The van der Waals surface area contributed by atoms with E-state index in [0.717, 1.165) is 17.5 Å². The average molecular weight is 298 g/mol. The van der Waals surface area contributed by atoms with E-state index in [4.69, 9.17) is 16.7 Å². The summed E-state index contributed by atoms with van der Waals surface area (Å²) in [6.07, 6.45) is 2.05. The maximum absolute atomic E-state index is 11.1. The largest absolute Gasteiger partial charge is 0.478 e. The van der Waals surface area contributed by atoms with Crippen molar-refractivity contribution in [2.75, 3.05) is 0 Å². The highest BCUT2D eigenvalue weighted by Gasteiger charge is 2.14. The fraction of sp³-hybridized carbons (Fsp3) is 0.0588. The van der Waals surface area contributed by atoms with Crippen LogP contribution in [0.1, 0.15) is 21.5 Å². The summed E-state index contributed by atoms with van der Waals surface area (Å²) in [6.45, 7) is 0. The predicted molar refractivity (Wildman–Crippen MR) is 83.0 cm³/mol. The molecule has 3 rings (SSSR count). The minimum absolute atomic E-state index is 0.0287. The number of benzene rings is 2. The number of rotatable bonds is 3. The van der Waals surface area contributed by atoms with Crippen molar-refractivity contribution in [2.24, 2.45) is 0 Å². The van der Waals surface area contributed by atoms with Crippen LogP contribution in [0.25, 0.3) is 10.9 Å². The molecule has 0 saturated heterocycles. The molecule has 0 atom stereocenters. The molecule has 0 aliphatic rings. The molecule has 1 aromatic heterocycles. The van der Waals surface area contributed by atoms with Crippen molar-refractivity contribution in [3.05, 3.63) is 76.4 Å². The van der Waals surface area contributed by atoms with Gasteiger partial charge in [-0.05, 0) is 17.5 Å². The van der Waals surface area contributed by atoms with E-state index in [2.05, 4.69) is 4.98 Å². The zero-order valence-electron chi connectivity index (χ0n) is 11.1. The van der Waals surface area contributed by atoms with Gasteiger partial charge in [0.1, 0.15) is 0 Å². The number of pyridine rings is 1. The molecular weight excluding hydrogens is 286 g/mol. The van der Waals surface area contributed by atoms with Crippen molar-refractivity contribution < 1.29 is 9.90 Å². The number of halogens is 1. The fourth-order valence-corrected chi connectivity index (χ4v) is 2.64. The number of carbonyl (C=O) groups is 1. The van der Waals surface area contributed by atoms with Crippen molar-refractivity contribution >= 4 is 28.5 Å². The Hall–Kier alpha value is -2.39. The molecule has 1 N–H and O–H groups in total. The standard InChI is InChI=1S/C17H12ClNO2/c18-15-13-8-4-7-12(9-11-5-2-1-3-6-11)16(13)19-10-14(15)17(20)21/h1-8,10H,9H2,(H,20,21). The van der Waals surface area contributed by atoms with Crippen LogP contribution in [0.3, 0.4) is 0 Å². The first-order valence-corrected chi connectivity index (χ1v) is 6.88. The molecule has 0 radical (unpaired) electrons. The van der Waals surface area contributed by atoms with Crippen LogP contribution in [0.4, 0.5) is 0 Å².